The first kappa shape index (κ1) is 39.8. The number of carboxylic acid groups (broad SMARTS) is 3. The molecule has 222 valence electrons. The number of aliphatic carboxylic acids is 3. The van der Waals surface area contributed by atoms with Gasteiger partial charge in [0.2, 0.25) is 0 Å². The molecule has 9 heteroatoms. The number of aliphatic hydroxyl groups is 3. The molecule has 3 atom stereocenters. The predicted octanol–water partition coefficient (Wildman–Crippen LogP) is 5.62. The Balaban J connectivity index is -0.000000632. The summed E-state index contributed by atoms with van der Waals surface area (Å²) < 4.78 is 0. The van der Waals surface area contributed by atoms with E-state index in [1.165, 1.54) is 71.1 Å². The zero-order valence-corrected chi connectivity index (χ0v) is 23.6. The van der Waals surface area contributed by atoms with Crippen LogP contribution in [0.4, 0.5) is 0 Å². The van der Waals surface area contributed by atoms with Gasteiger partial charge in [0.15, 0.2) is 0 Å². The molecule has 0 rings (SSSR count). The molecule has 0 aliphatic carbocycles. The molecule has 0 radical (unpaired) electrons. The van der Waals surface area contributed by atoms with Crippen LogP contribution in [-0.4, -0.2) is 67.4 Å². The zero-order valence-electron chi connectivity index (χ0n) is 23.6. The summed E-state index contributed by atoms with van der Waals surface area (Å²) in [6, 6.07) is 0. The molecule has 0 aromatic carbocycles. The van der Waals surface area contributed by atoms with Gasteiger partial charge >= 0.3 is 17.9 Å². The second-order valence-electron chi connectivity index (χ2n) is 9.93. The second-order valence-corrected chi connectivity index (χ2v) is 9.93. The van der Waals surface area contributed by atoms with Crippen LogP contribution in [0.25, 0.3) is 0 Å². The Bertz CT molecular complexity index is 508. The van der Waals surface area contributed by atoms with E-state index in [0.29, 0.717) is 19.3 Å². The van der Waals surface area contributed by atoms with Gasteiger partial charge in [-0.25, -0.2) is 0 Å². The highest BCUT2D eigenvalue weighted by Crippen LogP contribution is 2.18. The minimum absolute atomic E-state index is 0.0628. The van der Waals surface area contributed by atoms with E-state index in [4.69, 9.17) is 25.5 Å². The highest BCUT2D eigenvalue weighted by molar-refractivity contribution is 5.68. The second kappa shape index (κ2) is 30.5. The van der Waals surface area contributed by atoms with E-state index in [1.54, 1.807) is 0 Å². The van der Waals surface area contributed by atoms with Crippen LogP contribution in [0.2, 0.25) is 0 Å². The van der Waals surface area contributed by atoms with Gasteiger partial charge in [0.25, 0.3) is 0 Å². The number of carboxylic acids is 3. The lowest BCUT2D eigenvalue weighted by molar-refractivity contribution is -0.139. The summed E-state index contributed by atoms with van der Waals surface area (Å²) in [5, 5.41) is 50.3. The Hall–Kier alpha value is -1.71. The predicted molar refractivity (Wildman–Crippen MR) is 146 cm³/mol. The first-order valence-corrected chi connectivity index (χ1v) is 14.1. The average molecular weight is 537 g/mol. The maximum Gasteiger partial charge on any atom is 0.305 e. The van der Waals surface area contributed by atoms with Crippen molar-refractivity contribution in [2.24, 2.45) is 5.92 Å². The average Bonchev–Trinajstić information content (AvgIpc) is 2.81. The Labute approximate surface area is 224 Å². The van der Waals surface area contributed by atoms with Gasteiger partial charge in [0, 0.05) is 12.8 Å². The molecule has 6 N–H and O–H groups in total. The molecule has 0 spiro atoms. The van der Waals surface area contributed by atoms with Crippen molar-refractivity contribution < 1.29 is 45.0 Å². The van der Waals surface area contributed by atoms with Crippen LogP contribution >= 0.6 is 0 Å². The van der Waals surface area contributed by atoms with Gasteiger partial charge in [0.05, 0.1) is 25.2 Å². The summed E-state index contributed by atoms with van der Waals surface area (Å²) in [5.41, 5.74) is 0. The maximum atomic E-state index is 10.4. The van der Waals surface area contributed by atoms with Crippen LogP contribution in [0.3, 0.4) is 0 Å². The van der Waals surface area contributed by atoms with Crippen molar-refractivity contribution in [1.82, 2.24) is 0 Å². The van der Waals surface area contributed by atoms with E-state index in [2.05, 4.69) is 13.8 Å². The molecule has 0 saturated heterocycles. The lowest BCUT2D eigenvalue weighted by atomic mass is 9.96. The first-order chi connectivity index (χ1) is 17.5. The summed E-state index contributed by atoms with van der Waals surface area (Å²) in [6.07, 6.45) is 15.8. The Morgan fingerprint density at radius 3 is 1.32 bits per heavy atom. The van der Waals surface area contributed by atoms with Crippen molar-refractivity contribution in [2.45, 2.75) is 149 Å². The molecule has 0 saturated carbocycles. The van der Waals surface area contributed by atoms with E-state index in [0.717, 1.165) is 18.8 Å². The number of hydrogen-bond donors (Lipinski definition) is 6. The Kier molecular flexibility index (Phi) is 32.8. The molecular formula is C28H56O9. The molecule has 37 heavy (non-hydrogen) atoms. The largest absolute Gasteiger partial charge is 0.481 e. The van der Waals surface area contributed by atoms with Crippen LogP contribution in [-0.2, 0) is 14.4 Å². The van der Waals surface area contributed by atoms with E-state index >= 15 is 0 Å². The normalized spacial score (nSPS) is 12.8. The number of carbonyl (C=O) groups is 3. The van der Waals surface area contributed by atoms with Crippen LogP contribution in [0, 0.1) is 5.92 Å². The molecule has 0 heterocycles. The summed E-state index contributed by atoms with van der Waals surface area (Å²) in [5.74, 6) is -1.77. The van der Waals surface area contributed by atoms with Crippen molar-refractivity contribution >= 4 is 17.9 Å². The standard InChI is InChI=1S/C19H38O3.C6H10O4.C3H8O2/c1-3-4-5-10-13-17(2)14-11-8-6-7-9-12-15-18(20)16-19(21)22;7-5(8)3-1-2-4-6(9)10;1-3(5)2-4/h17-18,20H,3-16H2,1-2H3,(H,21,22);1-4H2,(H,7,8)(H,9,10);3-5H,2H2,1H3. The van der Waals surface area contributed by atoms with E-state index in [-0.39, 0.29) is 25.9 Å². The van der Waals surface area contributed by atoms with E-state index in [9.17, 15) is 19.5 Å². The van der Waals surface area contributed by atoms with Gasteiger partial charge < -0.3 is 30.6 Å². The summed E-state index contributed by atoms with van der Waals surface area (Å²) in [7, 11) is 0. The topological polar surface area (TPSA) is 173 Å². The fourth-order valence-electron chi connectivity index (χ4n) is 3.50. The van der Waals surface area contributed by atoms with Crippen molar-refractivity contribution in [1.29, 1.82) is 0 Å². The minimum Gasteiger partial charge on any atom is -0.481 e. The molecule has 0 aliphatic rings. The monoisotopic (exact) mass is 536 g/mol. The number of aliphatic hydroxyl groups excluding tert-OH is 3. The summed E-state index contributed by atoms with van der Waals surface area (Å²) in [4.78, 5) is 30.2. The van der Waals surface area contributed by atoms with Crippen molar-refractivity contribution in [3.8, 4) is 0 Å². The van der Waals surface area contributed by atoms with Crippen molar-refractivity contribution in [3.63, 3.8) is 0 Å². The van der Waals surface area contributed by atoms with E-state index < -0.39 is 30.1 Å². The quantitative estimate of drug-likeness (QED) is 0.0959. The molecule has 0 aromatic heterocycles. The van der Waals surface area contributed by atoms with Gasteiger partial charge in [-0.1, -0.05) is 90.9 Å². The van der Waals surface area contributed by atoms with Crippen molar-refractivity contribution in [3.05, 3.63) is 0 Å². The van der Waals surface area contributed by atoms with Crippen molar-refractivity contribution in [2.75, 3.05) is 6.61 Å². The molecule has 9 nitrogen and oxygen atoms in total. The smallest absolute Gasteiger partial charge is 0.305 e. The number of hydrogen-bond acceptors (Lipinski definition) is 6. The van der Waals surface area contributed by atoms with Gasteiger partial charge in [-0.05, 0) is 32.1 Å². The number of rotatable bonds is 22. The molecular weight excluding hydrogens is 480 g/mol. The highest BCUT2D eigenvalue weighted by atomic mass is 16.4. The third-order valence-corrected chi connectivity index (χ3v) is 5.74. The molecule has 0 aliphatic heterocycles. The van der Waals surface area contributed by atoms with Gasteiger partial charge in [-0.3, -0.25) is 14.4 Å². The molecule has 0 aromatic rings. The SMILES string of the molecule is CC(O)CO.CCCCCCC(C)CCCCCCCCC(O)CC(=O)O.O=C(O)CCCCC(=O)O. The Morgan fingerprint density at radius 2 is 0.973 bits per heavy atom. The number of unbranched alkanes of at least 4 members (excludes halogenated alkanes) is 9. The van der Waals surface area contributed by atoms with Gasteiger partial charge in [0.1, 0.15) is 0 Å². The van der Waals surface area contributed by atoms with Gasteiger partial charge in [-0.2, -0.15) is 0 Å². The molecule has 0 fully saturated rings. The lowest BCUT2D eigenvalue weighted by Gasteiger charge is -2.11. The minimum atomic E-state index is -0.906. The van der Waals surface area contributed by atoms with Crippen LogP contribution < -0.4 is 0 Å². The van der Waals surface area contributed by atoms with Crippen LogP contribution in [0.15, 0.2) is 0 Å². The highest BCUT2D eigenvalue weighted by Gasteiger charge is 2.08. The molecule has 0 bridgehead atoms. The van der Waals surface area contributed by atoms with Gasteiger partial charge in [-0.15, -0.1) is 0 Å². The summed E-state index contributed by atoms with van der Waals surface area (Å²) in [6.45, 7) is 6.03. The molecule has 0 amide bonds. The fourth-order valence-corrected chi connectivity index (χ4v) is 3.50. The third-order valence-electron chi connectivity index (χ3n) is 5.74. The summed E-state index contributed by atoms with van der Waals surface area (Å²) >= 11 is 0. The zero-order chi connectivity index (χ0) is 28.9. The van der Waals surface area contributed by atoms with Crippen LogP contribution in [0.1, 0.15) is 136 Å². The lowest BCUT2D eigenvalue weighted by Crippen LogP contribution is -2.12. The van der Waals surface area contributed by atoms with E-state index in [1.807, 2.05) is 0 Å². The van der Waals surface area contributed by atoms with Crippen LogP contribution in [0.5, 0.6) is 0 Å². The third kappa shape index (κ3) is 44.7. The maximum absolute atomic E-state index is 10.4. The fraction of sp³-hybridized carbons (Fsp3) is 0.893. The Morgan fingerprint density at radius 1 is 0.595 bits per heavy atom. The molecule has 3 unspecified atom stereocenters. The first-order valence-electron chi connectivity index (χ1n) is 14.1.